The average Bonchev–Trinajstić information content (AvgIpc) is 2.38. The Morgan fingerprint density at radius 2 is 2.11 bits per heavy atom. The minimum atomic E-state index is 0.169. The summed E-state index contributed by atoms with van der Waals surface area (Å²) in [6.07, 6.45) is 5.90. The molecule has 0 saturated carbocycles. The van der Waals surface area contributed by atoms with E-state index in [0.29, 0.717) is 6.04 Å². The third-order valence-electron chi connectivity index (χ3n) is 2.84. The van der Waals surface area contributed by atoms with Crippen LogP contribution in [0.2, 0.25) is 0 Å². The number of pyridine rings is 1. The molecule has 19 heavy (non-hydrogen) atoms. The van der Waals surface area contributed by atoms with Crippen LogP contribution in [0.4, 0.5) is 0 Å². The summed E-state index contributed by atoms with van der Waals surface area (Å²) in [6, 6.07) is 2.36. The van der Waals surface area contributed by atoms with Crippen molar-refractivity contribution in [2.45, 2.75) is 45.8 Å². The molecule has 0 radical (unpaired) electrons. The predicted molar refractivity (Wildman–Crippen MR) is 77.5 cm³/mol. The van der Waals surface area contributed by atoms with Crippen LogP contribution in [0.1, 0.15) is 45.2 Å². The SMILES string of the molecule is CCOCCCC(NC)c1cncc(OC(C)C)c1. The van der Waals surface area contributed by atoms with Crippen LogP contribution in [-0.4, -0.2) is 31.3 Å². The third kappa shape index (κ3) is 6.03. The zero-order valence-electron chi connectivity index (χ0n) is 12.5. The van der Waals surface area contributed by atoms with Crippen LogP contribution >= 0.6 is 0 Å². The van der Waals surface area contributed by atoms with Gasteiger partial charge in [-0.05, 0) is 52.3 Å². The van der Waals surface area contributed by atoms with E-state index in [1.165, 1.54) is 0 Å². The molecule has 0 bridgehead atoms. The molecule has 0 spiro atoms. The molecule has 0 aromatic carbocycles. The number of rotatable bonds is 9. The van der Waals surface area contributed by atoms with Crippen LogP contribution in [0.3, 0.4) is 0 Å². The molecule has 1 heterocycles. The maximum Gasteiger partial charge on any atom is 0.138 e. The second kappa shape index (κ2) is 8.88. The molecule has 0 amide bonds. The molecule has 1 unspecified atom stereocenters. The number of nitrogens with zero attached hydrogens (tertiary/aromatic N) is 1. The van der Waals surface area contributed by atoms with Crippen molar-refractivity contribution in [3.63, 3.8) is 0 Å². The molecule has 1 rings (SSSR count). The van der Waals surface area contributed by atoms with Gasteiger partial charge in [-0.15, -0.1) is 0 Å². The van der Waals surface area contributed by atoms with Gasteiger partial charge in [0.05, 0.1) is 12.3 Å². The minimum Gasteiger partial charge on any atom is -0.489 e. The van der Waals surface area contributed by atoms with Gasteiger partial charge in [-0.3, -0.25) is 4.98 Å². The summed E-state index contributed by atoms with van der Waals surface area (Å²) in [5.74, 6) is 0.831. The van der Waals surface area contributed by atoms with E-state index < -0.39 is 0 Å². The molecule has 4 nitrogen and oxygen atoms in total. The Kier molecular flexibility index (Phi) is 7.45. The van der Waals surface area contributed by atoms with Crippen LogP contribution in [0.25, 0.3) is 0 Å². The van der Waals surface area contributed by atoms with Crippen molar-refractivity contribution in [1.29, 1.82) is 0 Å². The van der Waals surface area contributed by atoms with Crippen molar-refractivity contribution in [3.8, 4) is 5.75 Å². The Hall–Kier alpha value is -1.13. The molecule has 1 atom stereocenters. The van der Waals surface area contributed by atoms with E-state index in [-0.39, 0.29) is 6.10 Å². The van der Waals surface area contributed by atoms with Crippen LogP contribution in [-0.2, 0) is 4.74 Å². The number of hydrogen-bond donors (Lipinski definition) is 1. The molecule has 1 aromatic heterocycles. The second-order valence-electron chi connectivity index (χ2n) is 4.80. The summed E-state index contributed by atoms with van der Waals surface area (Å²) in [5, 5.41) is 3.32. The Morgan fingerprint density at radius 1 is 1.32 bits per heavy atom. The third-order valence-corrected chi connectivity index (χ3v) is 2.84. The van der Waals surface area contributed by atoms with Gasteiger partial charge in [0.15, 0.2) is 0 Å². The average molecular weight is 266 g/mol. The van der Waals surface area contributed by atoms with Crippen molar-refractivity contribution in [2.24, 2.45) is 0 Å². The van der Waals surface area contributed by atoms with Crippen LogP contribution in [0.5, 0.6) is 5.75 Å². The Labute approximate surface area is 116 Å². The summed E-state index contributed by atoms with van der Waals surface area (Å²) in [4.78, 5) is 4.25. The van der Waals surface area contributed by atoms with Gasteiger partial charge in [-0.25, -0.2) is 0 Å². The van der Waals surface area contributed by atoms with E-state index in [0.717, 1.165) is 37.4 Å². The topological polar surface area (TPSA) is 43.4 Å². The van der Waals surface area contributed by atoms with Gasteiger partial charge < -0.3 is 14.8 Å². The first-order chi connectivity index (χ1) is 9.17. The van der Waals surface area contributed by atoms with E-state index in [2.05, 4.69) is 16.4 Å². The first kappa shape index (κ1) is 15.9. The highest BCUT2D eigenvalue weighted by Crippen LogP contribution is 2.22. The van der Waals surface area contributed by atoms with Crippen molar-refractivity contribution >= 4 is 0 Å². The fraction of sp³-hybridized carbons (Fsp3) is 0.667. The van der Waals surface area contributed by atoms with Gasteiger partial charge in [-0.2, -0.15) is 0 Å². The van der Waals surface area contributed by atoms with E-state index in [4.69, 9.17) is 9.47 Å². The Balaban J connectivity index is 2.59. The molecule has 0 aliphatic rings. The first-order valence-corrected chi connectivity index (χ1v) is 7.04. The summed E-state index contributed by atoms with van der Waals surface area (Å²) in [7, 11) is 1.97. The molecule has 1 aromatic rings. The lowest BCUT2D eigenvalue weighted by Crippen LogP contribution is -2.17. The summed E-state index contributed by atoms with van der Waals surface area (Å²) in [5.41, 5.74) is 1.16. The molecule has 0 aliphatic heterocycles. The Morgan fingerprint density at radius 3 is 2.74 bits per heavy atom. The van der Waals surface area contributed by atoms with Crippen LogP contribution < -0.4 is 10.1 Å². The molecule has 1 N–H and O–H groups in total. The normalized spacial score (nSPS) is 12.7. The maximum atomic E-state index is 5.68. The molecule has 108 valence electrons. The minimum absolute atomic E-state index is 0.169. The fourth-order valence-electron chi connectivity index (χ4n) is 1.97. The summed E-state index contributed by atoms with van der Waals surface area (Å²) in [6.45, 7) is 7.65. The highest BCUT2D eigenvalue weighted by molar-refractivity contribution is 5.26. The fourth-order valence-corrected chi connectivity index (χ4v) is 1.97. The number of ether oxygens (including phenoxy) is 2. The van der Waals surface area contributed by atoms with Crippen molar-refractivity contribution in [2.75, 3.05) is 20.3 Å². The van der Waals surface area contributed by atoms with E-state index >= 15 is 0 Å². The van der Waals surface area contributed by atoms with Gasteiger partial charge in [0, 0.05) is 25.5 Å². The van der Waals surface area contributed by atoms with E-state index in [1.54, 1.807) is 6.20 Å². The zero-order valence-corrected chi connectivity index (χ0v) is 12.5. The Bertz CT molecular complexity index is 356. The van der Waals surface area contributed by atoms with Gasteiger partial charge in [-0.1, -0.05) is 0 Å². The van der Waals surface area contributed by atoms with Gasteiger partial charge in [0.2, 0.25) is 0 Å². The van der Waals surface area contributed by atoms with Gasteiger partial charge in [0.1, 0.15) is 5.75 Å². The van der Waals surface area contributed by atoms with Crippen molar-refractivity contribution < 1.29 is 9.47 Å². The highest BCUT2D eigenvalue weighted by Gasteiger charge is 2.10. The number of nitrogens with one attached hydrogen (secondary N) is 1. The quantitative estimate of drug-likeness (QED) is 0.698. The molecular weight excluding hydrogens is 240 g/mol. The smallest absolute Gasteiger partial charge is 0.138 e. The molecular formula is C15H26N2O2. The lowest BCUT2D eigenvalue weighted by Gasteiger charge is -2.17. The number of hydrogen-bond acceptors (Lipinski definition) is 4. The van der Waals surface area contributed by atoms with Gasteiger partial charge >= 0.3 is 0 Å². The van der Waals surface area contributed by atoms with E-state index in [9.17, 15) is 0 Å². The summed E-state index contributed by atoms with van der Waals surface area (Å²) >= 11 is 0. The van der Waals surface area contributed by atoms with E-state index in [1.807, 2.05) is 34.0 Å². The monoisotopic (exact) mass is 266 g/mol. The lowest BCUT2D eigenvalue weighted by molar-refractivity contribution is 0.141. The molecule has 0 aliphatic carbocycles. The highest BCUT2D eigenvalue weighted by atomic mass is 16.5. The van der Waals surface area contributed by atoms with Crippen LogP contribution in [0, 0.1) is 0 Å². The van der Waals surface area contributed by atoms with Crippen LogP contribution in [0.15, 0.2) is 18.5 Å². The molecule has 0 fully saturated rings. The lowest BCUT2D eigenvalue weighted by atomic mass is 10.0. The maximum absolute atomic E-state index is 5.68. The van der Waals surface area contributed by atoms with Gasteiger partial charge in [0.25, 0.3) is 0 Å². The summed E-state index contributed by atoms with van der Waals surface area (Å²) < 4.78 is 11.1. The number of aromatic nitrogens is 1. The van der Waals surface area contributed by atoms with Crippen molar-refractivity contribution in [3.05, 3.63) is 24.0 Å². The predicted octanol–water partition coefficient (Wildman–Crippen LogP) is 2.95. The molecule has 0 saturated heterocycles. The zero-order chi connectivity index (χ0) is 14.1. The standard InChI is InChI=1S/C15H26N2O2/c1-5-18-8-6-7-15(16-4)13-9-14(11-17-10-13)19-12(2)3/h9-12,15-16H,5-8H2,1-4H3. The largest absolute Gasteiger partial charge is 0.489 e. The second-order valence-corrected chi connectivity index (χ2v) is 4.80. The first-order valence-electron chi connectivity index (χ1n) is 7.04. The van der Waals surface area contributed by atoms with Crippen molar-refractivity contribution in [1.82, 2.24) is 10.3 Å². The molecule has 4 heteroatoms.